The first-order valence-electron chi connectivity index (χ1n) is 9.22. The van der Waals surface area contributed by atoms with E-state index < -0.39 is 15.8 Å². The first-order chi connectivity index (χ1) is 12.9. The summed E-state index contributed by atoms with van der Waals surface area (Å²) in [6.45, 7) is -0.377. The Morgan fingerprint density at radius 2 is 1.74 bits per heavy atom. The van der Waals surface area contributed by atoms with Crippen molar-refractivity contribution in [2.45, 2.75) is 44.2 Å². The van der Waals surface area contributed by atoms with E-state index in [0.717, 1.165) is 25.7 Å². The molecule has 27 heavy (non-hydrogen) atoms. The number of ether oxygens (including phenoxy) is 2. The van der Waals surface area contributed by atoms with E-state index in [9.17, 15) is 18.0 Å². The highest BCUT2D eigenvalue weighted by Crippen LogP contribution is 2.29. The van der Waals surface area contributed by atoms with Crippen LogP contribution in [-0.2, 0) is 19.4 Å². The molecule has 1 heterocycles. The molecule has 3 rings (SSSR count). The van der Waals surface area contributed by atoms with Crippen molar-refractivity contribution in [3.05, 3.63) is 29.8 Å². The molecule has 1 aliphatic heterocycles. The van der Waals surface area contributed by atoms with Gasteiger partial charge < -0.3 is 14.4 Å². The van der Waals surface area contributed by atoms with Gasteiger partial charge in [-0.1, -0.05) is 12.8 Å². The minimum Gasteiger partial charge on any atom is -0.497 e. The number of esters is 1. The predicted octanol–water partition coefficient (Wildman–Crippen LogP) is 1.81. The Morgan fingerprint density at radius 1 is 1.07 bits per heavy atom. The van der Waals surface area contributed by atoms with E-state index in [4.69, 9.17) is 9.47 Å². The van der Waals surface area contributed by atoms with Crippen LogP contribution in [0.2, 0.25) is 0 Å². The molecule has 0 radical (unpaired) electrons. The van der Waals surface area contributed by atoms with Crippen LogP contribution in [0, 0.1) is 0 Å². The third kappa shape index (κ3) is 4.80. The van der Waals surface area contributed by atoms with Gasteiger partial charge in [0, 0.05) is 12.1 Å². The average molecular weight is 395 g/mol. The van der Waals surface area contributed by atoms with Gasteiger partial charge in [0.2, 0.25) is 0 Å². The summed E-state index contributed by atoms with van der Waals surface area (Å²) >= 11 is 0. The smallest absolute Gasteiger partial charge is 0.338 e. The van der Waals surface area contributed by atoms with Crippen molar-refractivity contribution in [1.82, 2.24) is 4.90 Å². The molecule has 1 aromatic rings. The van der Waals surface area contributed by atoms with Gasteiger partial charge in [-0.15, -0.1) is 0 Å². The Morgan fingerprint density at radius 3 is 2.30 bits per heavy atom. The molecule has 1 saturated carbocycles. The summed E-state index contributed by atoms with van der Waals surface area (Å²) in [7, 11) is -1.56. The van der Waals surface area contributed by atoms with E-state index in [1.54, 1.807) is 29.2 Å². The molecule has 0 bridgehead atoms. The normalized spacial score (nSPS) is 21.7. The molecule has 1 aliphatic carbocycles. The van der Waals surface area contributed by atoms with E-state index in [1.165, 1.54) is 7.11 Å². The van der Waals surface area contributed by atoms with Crippen LogP contribution < -0.4 is 4.74 Å². The van der Waals surface area contributed by atoms with Crippen LogP contribution in [0.3, 0.4) is 0 Å². The molecular weight excluding hydrogens is 370 g/mol. The standard InChI is InChI=1S/C19H25NO6S/c1-25-17-8-6-14(7-9-17)19(22)26-12-18(21)20(15-4-2-3-5-15)16-10-11-27(23,24)13-16/h6-9,15-16H,2-5,10-13H2,1H3/t16-/m1/s1. The maximum Gasteiger partial charge on any atom is 0.338 e. The van der Waals surface area contributed by atoms with Crippen LogP contribution in [-0.4, -0.2) is 62.5 Å². The SMILES string of the molecule is COc1ccc(C(=O)OCC(=O)N(C2CCCC2)[C@@H]2CCS(=O)(=O)C2)cc1. The second-order valence-electron chi connectivity index (χ2n) is 7.10. The molecule has 1 aromatic carbocycles. The molecule has 0 aromatic heterocycles. The third-order valence-corrected chi connectivity index (χ3v) is 7.01. The zero-order chi connectivity index (χ0) is 19.4. The lowest BCUT2D eigenvalue weighted by molar-refractivity contribution is -0.139. The Balaban J connectivity index is 1.64. The number of hydrogen-bond donors (Lipinski definition) is 0. The van der Waals surface area contributed by atoms with Gasteiger partial charge in [-0.3, -0.25) is 4.79 Å². The van der Waals surface area contributed by atoms with Crippen molar-refractivity contribution in [3.8, 4) is 5.75 Å². The van der Waals surface area contributed by atoms with Crippen LogP contribution in [0.15, 0.2) is 24.3 Å². The lowest BCUT2D eigenvalue weighted by Crippen LogP contribution is -2.48. The molecule has 2 fully saturated rings. The Kier molecular flexibility index (Phi) is 6.04. The topological polar surface area (TPSA) is 90.0 Å². The third-order valence-electron chi connectivity index (χ3n) is 5.26. The van der Waals surface area contributed by atoms with Gasteiger partial charge >= 0.3 is 5.97 Å². The molecule has 0 spiro atoms. The van der Waals surface area contributed by atoms with Gasteiger partial charge in [0.1, 0.15) is 5.75 Å². The number of amides is 1. The number of benzene rings is 1. The molecule has 7 nitrogen and oxygen atoms in total. The van der Waals surface area contributed by atoms with Crippen molar-refractivity contribution in [2.75, 3.05) is 25.2 Å². The van der Waals surface area contributed by atoms with E-state index in [1.807, 2.05) is 0 Å². The van der Waals surface area contributed by atoms with Crippen LogP contribution in [0.1, 0.15) is 42.5 Å². The summed E-state index contributed by atoms with van der Waals surface area (Å²) in [5.41, 5.74) is 0.333. The number of rotatable bonds is 6. The van der Waals surface area contributed by atoms with Crippen molar-refractivity contribution in [2.24, 2.45) is 0 Å². The van der Waals surface area contributed by atoms with Crippen LogP contribution in [0.5, 0.6) is 5.75 Å². The van der Waals surface area contributed by atoms with Crippen molar-refractivity contribution < 1.29 is 27.5 Å². The summed E-state index contributed by atoms with van der Waals surface area (Å²) in [5, 5.41) is 0. The second kappa shape index (κ2) is 8.29. The van der Waals surface area contributed by atoms with E-state index in [2.05, 4.69) is 0 Å². The number of sulfone groups is 1. The van der Waals surface area contributed by atoms with Gasteiger partial charge in [-0.2, -0.15) is 0 Å². The number of carbonyl (C=O) groups excluding carboxylic acids is 2. The number of nitrogens with zero attached hydrogens (tertiary/aromatic N) is 1. The summed E-state index contributed by atoms with van der Waals surface area (Å²) < 4.78 is 33.9. The second-order valence-corrected chi connectivity index (χ2v) is 9.33. The quantitative estimate of drug-likeness (QED) is 0.683. The summed E-state index contributed by atoms with van der Waals surface area (Å²) in [6.07, 6.45) is 4.25. The van der Waals surface area contributed by atoms with Gasteiger partial charge in [-0.25, -0.2) is 13.2 Å². The molecule has 1 amide bonds. The fourth-order valence-electron chi connectivity index (χ4n) is 3.89. The van der Waals surface area contributed by atoms with E-state index in [0.29, 0.717) is 17.7 Å². The first-order valence-corrected chi connectivity index (χ1v) is 11.0. The number of methoxy groups -OCH3 is 1. The van der Waals surface area contributed by atoms with Gasteiger partial charge in [-0.05, 0) is 43.5 Å². The largest absolute Gasteiger partial charge is 0.497 e. The highest BCUT2D eigenvalue weighted by Gasteiger charge is 2.39. The van der Waals surface area contributed by atoms with Gasteiger partial charge in [0.05, 0.1) is 24.2 Å². The first kappa shape index (κ1) is 19.7. The monoisotopic (exact) mass is 395 g/mol. The fraction of sp³-hybridized carbons (Fsp3) is 0.579. The van der Waals surface area contributed by atoms with Crippen LogP contribution in [0.25, 0.3) is 0 Å². The summed E-state index contributed by atoms with van der Waals surface area (Å²) in [4.78, 5) is 26.7. The molecular formula is C19H25NO6S. The van der Waals surface area contributed by atoms with Crippen LogP contribution >= 0.6 is 0 Å². The van der Waals surface area contributed by atoms with Crippen molar-refractivity contribution in [3.63, 3.8) is 0 Å². The van der Waals surface area contributed by atoms with Crippen LogP contribution in [0.4, 0.5) is 0 Å². The lowest BCUT2D eigenvalue weighted by atomic mass is 10.1. The Labute approximate surface area is 159 Å². The summed E-state index contributed by atoms with van der Waals surface area (Å²) in [5.74, 6) is -0.165. The lowest BCUT2D eigenvalue weighted by Gasteiger charge is -2.33. The van der Waals surface area contributed by atoms with Gasteiger partial charge in [0.25, 0.3) is 5.91 Å². The van der Waals surface area contributed by atoms with Crippen molar-refractivity contribution in [1.29, 1.82) is 0 Å². The van der Waals surface area contributed by atoms with E-state index >= 15 is 0 Å². The molecule has 148 valence electrons. The van der Waals surface area contributed by atoms with Gasteiger partial charge in [0.15, 0.2) is 16.4 Å². The van der Waals surface area contributed by atoms with Crippen molar-refractivity contribution >= 4 is 21.7 Å². The molecule has 0 N–H and O–H groups in total. The predicted molar refractivity (Wildman–Crippen MR) is 99.4 cm³/mol. The molecule has 1 atom stereocenters. The highest BCUT2D eigenvalue weighted by molar-refractivity contribution is 7.91. The molecule has 8 heteroatoms. The molecule has 0 unspecified atom stereocenters. The number of hydrogen-bond acceptors (Lipinski definition) is 6. The maximum absolute atomic E-state index is 12.8. The number of carbonyl (C=O) groups is 2. The summed E-state index contributed by atoms with van der Waals surface area (Å²) in [6, 6.07) is 6.16. The van der Waals surface area contributed by atoms with E-state index in [-0.39, 0.29) is 36.1 Å². The minimum absolute atomic E-state index is 0.00165. The zero-order valence-electron chi connectivity index (χ0n) is 15.4. The minimum atomic E-state index is -3.10. The maximum atomic E-state index is 12.8. The highest BCUT2D eigenvalue weighted by atomic mass is 32.2. The fourth-order valence-corrected chi connectivity index (χ4v) is 5.61. The molecule has 2 aliphatic rings. The zero-order valence-corrected chi connectivity index (χ0v) is 16.2. The average Bonchev–Trinajstić information content (AvgIpc) is 3.30. The molecule has 1 saturated heterocycles. The Bertz CT molecular complexity index is 783. The Hall–Kier alpha value is -2.09.